The molecule has 3 aromatic rings. The van der Waals surface area contributed by atoms with Gasteiger partial charge in [-0.15, -0.1) is 0 Å². The molecule has 0 atom stereocenters. The summed E-state index contributed by atoms with van der Waals surface area (Å²) in [7, 11) is 0. The molecule has 1 heterocycles. The second-order valence-corrected chi connectivity index (χ2v) is 6.60. The number of carbonyl (C=O) groups excluding carboxylic acids is 2. The molecule has 0 saturated heterocycles. The average Bonchev–Trinajstić information content (AvgIpc) is 2.66. The van der Waals surface area contributed by atoms with E-state index in [2.05, 4.69) is 15.6 Å². The highest BCUT2D eigenvalue weighted by atomic mass is 35.5. The Morgan fingerprint density at radius 2 is 1.63 bits per heavy atom. The molecular formula is C21H18ClN3O2. The second kappa shape index (κ2) is 8.01. The molecule has 2 aromatic carbocycles. The van der Waals surface area contributed by atoms with Crippen LogP contribution in [0.25, 0.3) is 0 Å². The van der Waals surface area contributed by atoms with E-state index in [-0.39, 0.29) is 11.6 Å². The molecule has 0 aliphatic carbocycles. The number of nitrogens with zero attached hydrogens (tertiary/aromatic N) is 1. The third-order valence-corrected chi connectivity index (χ3v) is 4.25. The Hall–Kier alpha value is -3.18. The van der Waals surface area contributed by atoms with Crippen LogP contribution in [0.15, 0.2) is 60.8 Å². The molecule has 27 heavy (non-hydrogen) atoms. The van der Waals surface area contributed by atoms with Crippen LogP contribution < -0.4 is 10.6 Å². The number of hydrogen-bond acceptors (Lipinski definition) is 3. The lowest BCUT2D eigenvalue weighted by Gasteiger charge is -2.10. The van der Waals surface area contributed by atoms with Crippen molar-refractivity contribution in [2.75, 3.05) is 10.6 Å². The Balaban J connectivity index is 1.76. The Morgan fingerprint density at radius 3 is 2.37 bits per heavy atom. The van der Waals surface area contributed by atoms with Gasteiger partial charge in [-0.25, -0.2) is 0 Å². The summed E-state index contributed by atoms with van der Waals surface area (Å²) in [5.74, 6) is -0.703. The third-order valence-electron chi connectivity index (χ3n) is 4.00. The molecule has 136 valence electrons. The van der Waals surface area contributed by atoms with Crippen molar-refractivity contribution in [3.8, 4) is 0 Å². The van der Waals surface area contributed by atoms with Crippen LogP contribution in [0.2, 0.25) is 5.02 Å². The van der Waals surface area contributed by atoms with E-state index in [4.69, 9.17) is 11.6 Å². The van der Waals surface area contributed by atoms with E-state index >= 15 is 0 Å². The molecule has 0 unspecified atom stereocenters. The number of halogens is 1. The number of aryl methyl sites for hydroxylation is 2. The molecule has 5 nitrogen and oxygen atoms in total. The van der Waals surface area contributed by atoms with Gasteiger partial charge in [0.05, 0.1) is 0 Å². The van der Waals surface area contributed by atoms with E-state index in [0.29, 0.717) is 16.3 Å². The molecule has 0 fully saturated rings. The van der Waals surface area contributed by atoms with Crippen LogP contribution in [0.4, 0.5) is 11.4 Å². The molecule has 6 heteroatoms. The molecule has 0 saturated carbocycles. The second-order valence-electron chi connectivity index (χ2n) is 6.16. The molecule has 0 aliphatic rings. The normalized spacial score (nSPS) is 10.3. The van der Waals surface area contributed by atoms with E-state index in [1.165, 1.54) is 12.3 Å². The minimum absolute atomic E-state index is 0.151. The largest absolute Gasteiger partial charge is 0.322 e. The maximum Gasteiger partial charge on any atom is 0.274 e. The molecule has 3 rings (SSSR count). The summed E-state index contributed by atoms with van der Waals surface area (Å²) in [5.41, 5.74) is 3.85. The number of rotatable bonds is 4. The number of anilines is 2. The number of pyridine rings is 1. The van der Waals surface area contributed by atoms with E-state index in [9.17, 15) is 9.59 Å². The van der Waals surface area contributed by atoms with Crippen LogP contribution in [-0.4, -0.2) is 16.8 Å². The first-order chi connectivity index (χ1) is 12.9. The monoisotopic (exact) mass is 379 g/mol. The fourth-order valence-electron chi connectivity index (χ4n) is 2.49. The number of nitrogens with one attached hydrogen (secondary N) is 2. The first-order valence-corrected chi connectivity index (χ1v) is 8.72. The quantitative estimate of drug-likeness (QED) is 0.680. The van der Waals surface area contributed by atoms with Gasteiger partial charge in [-0.1, -0.05) is 23.7 Å². The Kier molecular flexibility index (Phi) is 5.52. The maximum atomic E-state index is 12.6. The molecule has 0 spiro atoms. The molecule has 1 aromatic heterocycles. The molecule has 2 N–H and O–H groups in total. The van der Waals surface area contributed by atoms with Gasteiger partial charge in [0.1, 0.15) is 5.69 Å². The van der Waals surface area contributed by atoms with Crippen LogP contribution in [-0.2, 0) is 0 Å². The van der Waals surface area contributed by atoms with E-state index in [1.807, 2.05) is 32.0 Å². The molecule has 0 aliphatic heterocycles. The van der Waals surface area contributed by atoms with Gasteiger partial charge < -0.3 is 10.6 Å². The Morgan fingerprint density at radius 1 is 0.889 bits per heavy atom. The first-order valence-electron chi connectivity index (χ1n) is 8.34. The van der Waals surface area contributed by atoms with Gasteiger partial charge in [0.2, 0.25) is 0 Å². The Bertz CT molecular complexity index is 1000. The van der Waals surface area contributed by atoms with Crippen molar-refractivity contribution in [3.05, 3.63) is 88.2 Å². The fourth-order valence-corrected chi connectivity index (χ4v) is 2.62. The lowest BCUT2D eigenvalue weighted by atomic mass is 10.1. The predicted molar refractivity (Wildman–Crippen MR) is 108 cm³/mol. The zero-order chi connectivity index (χ0) is 19.4. The smallest absolute Gasteiger partial charge is 0.274 e. The van der Waals surface area contributed by atoms with Gasteiger partial charge >= 0.3 is 0 Å². The van der Waals surface area contributed by atoms with Gasteiger partial charge in [-0.05, 0) is 67.4 Å². The van der Waals surface area contributed by atoms with Crippen LogP contribution in [0.3, 0.4) is 0 Å². The fraction of sp³-hybridized carbons (Fsp3) is 0.0952. The van der Waals surface area contributed by atoms with E-state index in [1.54, 1.807) is 30.3 Å². The predicted octanol–water partition coefficient (Wildman–Crippen LogP) is 4.86. The van der Waals surface area contributed by atoms with Crippen molar-refractivity contribution in [1.82, 2.24) is 4.98 Å². The molecule has 0 bridgehead atoms. The zero-order valence-electron chi connectivity index (χ0n) is 14.9. The Labute approximate surface area is 162 Å². The summed E-state index contributed by atoms with van der Waals surface area (Å²) >= 11 is 5.84. The number of hydrogen-bond donors (Lipinski definition) is 2. The van der Waals surface area contributed by atoms with Crippen LogP contribution in [0.1, 0.15) is 32.0 Å². The maximum absolute atomic E-state index is 12.6. The average molecular weight is 380 g/mol. The third kappa shape index (κ3) is 4.71. The summed E-state index contributed by atoms with van der Waals surface area (Å²) in [5, 5.41) is 6.18. The summed E-state index contributed by atoms with van der Waals surface area (Å²) in [6, 6.07) is 15.6. The van der Waals surface area contributed by atoms with E-state index in [0.717, 1.165) is 16.8 Å². The van der Waals surface area contributed by atoms with Crippen molar-refractivity contribution in [3.63, 3.8) is 0 Å². The van der Waals surface area contributed by atoms with Gasteiger partial charge in [0.15, 0.2) is 0 Å². The highest BCUT2D eigenvalue weighted by Gasteiger charge is 2.13. The molecule has 2 amide bonds. The highest BCUT2D eigenvalue weighted by molar-refractivity contribution is 6.30. The molecular weight excluding hydrogens is 362 g/mol. The van der Waals surface area contributed by atoms with Crippen molar-refractivity contribution in [2.45, 2.75) is 13.8 Å². The minimum Gasteiger partial charge on any atom is -0.322 e. The summed E-state index contributed by atoms with van der Waals surface area (Å²) in [4.78, 5) is 29.0. The van der Waals surface area contributed by atoms with Crippen LogP contribution >= 0.6 is 11.6 Å². The first kappa shape index (κ1) is 18.6. The number of amides is 2. The standard InChI is InChI=1S/C21H18ClN3O2/c1-13-3-4-14(2)18(11-13)25-20(26)15-9-10-23-19(12-15)21(27)24-17-7-5-16(22)6-8-17/h3-12H,1-2H3,(H,24,27)(H,25,26). The zero-order valence-corrected chi connectivity index (χ0v) is 15.7. The van der Waals surface area contributed by atoms with Gasteiger partial charge in [0.25, 0.3) is 11.8 Å². The SMILES string of the molecule is Cc1ccc(C)c(NC(=O)c2ccnc(C(=O)Nc3ccc(Cl)cc3)c2)c1. The van der Waals surface area contributed by atoms with E-state index < -0.39 is 5.91 Å². The number of carbonyl (C=O) groups is 2. The minimum atomic E-state index is -0.404. The van der Waals surface area contributed by atoms with Gasteiger partial charge in [-0.3, -0.25) is 14.6 Å². The molecule has 0 radical (unpaired) electrons. The summed E-state index contributed by atoms with van der Waals surface area (Å²) in [6.07, 6.45) is 1.44. The lowest BCUT2D eigenvalue weighted by Crippen LogP contribution is -2.17. The van der Waals surface area contributed by atoms with Gasteiger partial charge in [-0.2, -0.15) is 0 Å². The topological polar surface area (TPSA) is 71.1 Å². The number of aromatic nitrogens is 1. The van der Waals surface area contributed by atoms with Crippen molar-refractivity contribution in [1.29, 1.82) is 0 Å². The van der Waals surface area contributed by atoms with Crippen molar-refractivity contribution in [2.24, 2.45) is 0 Å². The van der Waals surface area contributed by atoms with Crippen molar-refractivity contribution < 1.29 is 9.59 Å². The highest BCUT2D eigenvalue weighted by Crippen LogP contribution is 2.18. The van der Waals surface area contributed by atoms with Crippen LogP contribution in [0.5, 0.6) is 0 Å². The van der Waals surface area contributed by atoms with Crippen LogP contribution in [0, 0.1) is 13.8 Å². The van der Waals surface area contributed by atoms with Gasteiger partial charge in [0, 0.05) is 28.2 Å². The summed E-state index contributed by atoms with van der Waals surface area (Å²) in [6.45, 7) is 3.88. The summed E-state index contributed by atoms with van der Waals surface area (Å²) < 4.78 is 0. The number of benzene rings is 2. The lowest BCUT2D eigenvalue weighted by molar-refractivity contribution is 0.102. The van der Waals surface area contributed by atoms with Crippen molar-refractivity contribution >= 4 is 34.8 Å².